The van der Waals surface area contributed by atoms with Gasteiger partial charge in [0, 0.05) is 55.7 Å². The van der Waals surface area contributed by atoms with Crippen molar-refractivity contribution in [1.29, 1.82) is 0 Å². The van der Waals surface area contributed by atoms with Gasteiger partial charge in [0.1, 0.15) is 5.58 Å². The maximum absolute atomic E-state index is 6.60. The van der Waals surface area contributed by atoms with Crippen LogP contribution in [-0.4, -0.2) is 4.57 Å². The normalized spacial score (nSPS) is 11.4. The molecule has 0 aliphatic rings. The molecule has 0 unspecified atom stereocenters. The molecule has 10 aromatic carbocycles. The maximum atomic E-state index is 6.60. The van der Waals surface area contributed by atoms with E-state index in [-0.39, 0.29) is 0 Å². The molecule has 4 heteroatoms. The second-order valence-corrected chi connectivity index (χ2v) is 16.2. The standard InChI is InChI=1S/C60H41N3O/c1-4-15-42(16-5-1)43-29-35-49(36-30-43)62(57-25-14-23-55-54-22-11-13-26-59(54)64-60(55)57)50-37-31-45(32-38-50)44-27-33-48(34-28-44)61(46-17-6-2-7-18-46)51-39-40-53-52-21-10-12-24-56(52)63(58(53)41-51)47-19-8-3-9-20-47/h1-41H. The quantitative estimate of drug-likeness (QED) is 0.145. The van der Waals surface area contributed by atoms with Gasteiger partial charge in [-0.1, -0.05) is 158 Å². The molecule has 302 valence electrons. The molecule has 0 spiro atoms. The molecule has 0 aliphatic heterocycles. The molecule has 0 saturated heterocycles. The smallest absolute Gasteiger partial charge is 0.159 e. The lowest BCUT2D eigenvalue weighted by atomic mass is 10.0. The van der Waals surface area contributed by atoms with Gasteiger partial charge in [-0.3, -0.25) is 0 Å². The van der Waals surface area contributed by atoms with Crippen molar-refractivity contribution < 1.29 is 4.42 Å². The van der Waals surface area contributed by atoms with Crippen molar-refractivity contribution in [3.05, 3.63) is 249 Å². The first-order valence-corrected chi connectivity index (χ1v) is 21.8. The van der Waals surface area contributed by atoms with E-state index >= 15 is 0 Å². The van der Waals surface area contributed by atoms with Crippen LogP contribution in [0.15, 0.2) is 253 Å². The lowest BCUT2D eigenvalue weighted by Gasteiger charge is -2.26. The molecule has 0 amide bonds. The van der Waals surface area contributed by atoms with Crippen LogP contribution in [-0.2, 0) is 0 Å². The van der Waals surface area contributed by atoms with E-state index < -0.39 is 0 Å². The van der Waals surface area contributed by atoms with Crippen LogP contribution in [0.3, 0.4) is 0 Å². The summed E-state index contributed by atoms with van der Waals surface area (Å²) in [6, 6.07) is 88.6. The van der Waals surface area contributed by atoms with Crippen LogP contribution in [0, 0.1) is 0 Å². The maximum Gasteiger partial charge on any atom is 0.159 e. The van der Waals surface area contributed by atoms with Crippen LogP contribution in [0.2, 0.25) is 0 Å². The molecule has 64 heavy (non-hydrogen) atoms. The van der Waals surface area contributed by atoms with Crippen molar-refractivity contribution in [2.45, 2.75) is 0 Å². The minimum atomic E-state index is 0.860. The number of hydrogen-bond acceptors (Lipinski definition) is 3. The summed E-state index contributed by atoms with van der Waals surface area (Å²) < 4.78 is 8.98. The molecule has 2 aromatic heterocycles. The predicted octanol–water partition coefficient (Wildman–Crippen LogP) is 17.0. The van der Waals surface area contributed by atoms with Gasteiger partial charge in [0.15, 0.2) is 5.58 Å². The minimum absolute atomic E-state index is 0.860. The number of para-hydroxylation sites is 5. The van der Waals surface area contributed by atoms with Crippen molar-refractivity contribution in [2.24, 2.45) is 0 Å². The molecule has 0 aliphatic carbocycles. The van der Waals surface area contributed by atoms with Crippen molar-refractivity contribution in [3.8, 4) is 27.9 Å². The Morgan fingerprint density at radius 3 is 1.42 bits per heavy atom. The van der Waals surface area contributed by atoms with Gasteiger partial charge in [0.2, 0.25) is 0 Å². The highest BCUT2D eigenvalue weighted by Crippen LogP contribution is 2.44. The first-order valence-electron chi connectivity index (χ1n) is 21.8. The number of rotatable bonds is 9. The van der Waals surface area contributed by atoms with E-state index in [1.54, 1.807) is 0 Å². The Morgan fingerprint density at radius 2 is 0.766 bits per heavy atom. The molecule has 12 rings (SSSR count). The lowest BCUT2D eigenvalue weighted by Crippen LogP contribution is -2.10. The third kappa shape index (κ3) is 6.48. The van der Waals surface area contributed by atoms with Crippen molar-refractivity contribution in [3.63, 3.8) is 0 Å². The molecule has 2 heterocycles. The summed E-state index contributed by atoms with van der Waals surface area (Å²) in [5.41, 5.74) is 16.2. The Labute approximate surface area is 371 Å². The molecule has 0 atom stereocenters. The van der Waals surface area contributed by atoms with Crippen molar-refractivity contribution in [1.82, 2.24) is 4.57 Å². The summed E-state index contributed by atoms with van der Waals surface area (Å²) in [7, 11) is 0. The van der Waals surface area contributed by atoms with E-state index in [4.69, 9.17) is 4.42 Å². The highest BCUT2D eigenvalue weighted by atomic mass is 16.3. The van der Waals surface area contributed by atoms with Crippen LogP contribution in [0.4, 0.5) is 34.1 Å². The monoisotopic (exact) mass is 819 g/mol. The fraction of sp³-hybridized carbons (Fsp3) is 0. The number of benzene rings is 10. The number of fused-ring (bicyclic) bond motifs is 6. The summed E-state index contributed by atoms with van der Waals surface area (Å²) >= 11 is 0. The lowest BCUT2D eigenvalue weighted by molar-refractivity contribution is 0.669. The Hall–Kier alpha value is -8.60. The van der Waals surface area contributed by atoms with Crippen molar-refractivity contribution in [2.75, 3.05) is 9.80 Å². The average molecular weight is 820 g/mol. The molecule has 4 nitrogen and oxygen atoms in total. The summed E-state index contributed by atoms with van der Waals surface area (Å²) in [6.45, 7) is 0. The average Bonchev–Trinajstić information content (AvgIpc) is 3.92. The molecular formula is C60H41N3O. The van der Waals surface area contributed by atoms with Crippen LogP contribution >= 0.6 is 0 Å². The Kier molecular flexibility index (Phi) is 9.12. The number of aromatic nitrogens is 1. The largest absolute Gasteiger partial charge is 0.454 e. The fourth-order valence-electron chi connectivity index (χ4n) is 9.35. The Bertz CT molecular complexity index is 3580. The topological polar surface area (TPSA) is 24.6 Å². The van der Waals surface area contributed by atoms with Gasteiger partial charge in [-0.15, -0.1) is 0 Å². The zero-order valence-corrected chi connectivity index (χ0v) is 34.9. The third-order valence-electron chi connectivity index (χ3n) is 12.4. The van der Waals surface area contributed by atoms with E-state index in [2.05, 4.69) is 251 Å². The Balaban J connectivity index is 0.918. The molecular weight excluding hydrogens is 779 g/mol. The van der Waals surface area contributed by atoms with Crippen LogP contribution in [0.1, 0.15) is 0 Å². The van der Waals surface area contributed by atoms with Crippen LogP contribution < -0.4 is 9.80 Å². The first-order chi connectivity index (χ1) is 31.7. The first kappa shape index (κ1) is 37.2. The van der Waals surface area contributed by atoms with E-state index in [1.807, 2.05) is 12.1 Å². The number of hydrogen-bond donors (Lipinski definition) is 0. The van der Waals surface area contributed by atoms with E-state index in [9.17, 15) is 0 Å². The van der Waals surface area contributed by atoms with E-state index in [1.165, 1.54) is 32.9 Å². The van der Waals surface area contributed by atoms with Gasteiger partial charge < -0.3 is 18.8 Å². The van der Waals surface area contributed by atoms with Gasteiger partial charge in [-0.2, -0.15) is 0 Å². The van der Waals surface area contributed by atoms with Gasteiger partial charge >= 0.3 is 0 Å². The number of nitrogens with zero attached hydrogens (tertiary/aromatic N) is 3. The van der Waals surface area contributed by atoms with Gasteiger partial charge in [-0.05, 0) is 113 Å². The zero-order valence-electron chi connectivity index (χ0n) is 34.9. The molecule has 12 aromatic rings. The summed E-state index contributed by atoms with van der Waals surface area (Å²) in [6.07, 6.45) is 0. The number of anilines is 6. The van der Waals surface area contributed by atoms with Gasteiger partial charge in [0.25, 0.3) is 0 Å². The highest BCUT2D eigenvalue weighted by molar-refractivity contribution is 6.11. The zero-order chi connectivity index (χ0) is 42.4. The molecule has 0 bridgehead atoms. The third-order valence-corrected chi connectivity index (χ3v) is 12.4. The SMILES string of the molecule is c1ccc(-c2ccc(N(c3ccc(-c4ccc(N(c5ccccc5)c5ccc6c7ccccc7n(-c7ccccc7)c6c5)cc4)cc3)c3cccc4c3oc3ccccc34)cc2)cc1. The second-order valence-electron chi connectivity index (χ2n) is 16.2. The summed E-state index contributed by atoms with van der Waals surface area (Å²) in [4.78, 5) is 4.65. The number of furan rings is 1. The van der Waals surface area contributed by atoms with Crippen molar-refractivity contribution >= 4 is 77.9 Å². The molecule has 0 saturated carbocycles. The predicted molar refractivity (Wildman–Crippen MR) is 268 cm³/mol. The van der Waals surface area contributed by atoms with E-state index in [0.29, 0.717) is 0 Å². The second kappa shape index (κ2) is 15.7. The summed E-state index contributed by atoms with van der Waals surface area (Å²) in [5, 5.41) is 4.68. The van der Waals surface area contributed by atoms with E-state index in [0.717, 1.165) is 72.9 Å². The summed E-state index contributed by atoms with van der Waals surface area (Å²) in [5.74, 6) is 0. The van der Waals surface area contributed by atoms with Gasteiger partial charge in [-0.25, -0.2) is 0 Å². The van der Waals surface area contributed by atoms with Gasteiger partial charge in [0.05, 0.1) is 16.7 Å². The minimum Gasteiger partial charge on any atom is -0.454 e. The molecule has 0 fully saturated rings. The Morgan fingerprint density at radius 1 is 0.297 bits per heavy atom. The molecule has 0 radical (unpaired) electrons. The highest BCUT2D eigenvalue weighted by Gasteiger charge is 2.21. The van der Waals surface area contributed by atoms with Crippen LogP contribution in [0.25, 0.3) is 71.7 Å². The fourth-order valence-corrected chi connectivity index (χ4v) is 9.35. The molecule has 0 N–H and O–H groups in total. The van der Waals surface area contributed by atoms with Crippen LogP contribution in [0.5, 0.6) is 0 Å².